The number of imidazole rings is 1. The molecule has 1 heterocycles. The minimum Gasteiger partial charge on any atom is -0.345 e. The molecule has 0 aliphatic carbocycles. The Labute approximate surface area is 71.8 Å². The average Bonchev–Trinajstić information content (AvgIpc) is 2.31. The minimum absolute atomic E-state index is 0.693. The van der Waals surface area contributed by atoms with Gasteiger partial charge in [0, 0.05) is 17.6 Å². The quantitative estimate of drug-likeness (QED) is 0.754. The maximum Gasteiger partial charge on any atom is 0.103 e. The number of aromatic nitrogens is 2. The van der Waals surface area contributed by atoms with Crippen molar-refractivity contribution in [2.75, 3.05) is 0 Å². The van der Waals surface area contributed by atoms with Gasteiger partial charge in [0.2, 0.25) is 0 Å². The molecule has 0 aliphatic rings. The number of thioether (sulfide) groups is 1. The van der Waals surface area contributed by atoms with Gasteiger partial charge in [-0.15, -0.1) is 0 Å². The molecule has 1 N–H and O–H groups in total. The first kappa shape index (κ1) is 8.65. The lowest BCUT2D eigenvalue weighted by molar-refractivity contribution is 1.09. The van der Waals surface area contributed by atoms with Crippen molar-refractivity contribution in [3.05, 3.63) is 17.7 Å². The second-order valence-corrected chi connectivity index (χ2v) is 4.42. The van der Waals surface area contributed by atoms with Crippen LogP contribution in [0.25, 0.3) is 0 Å². The lowest BCUT2D eigenvalue weighted by Gasteiger charge is -2.00. The number of hydrogen-bond acceptors (Lipinski definition) is 2. The van der Waals surface area contributed by atoms with Crippen LogP contribution in [0, 0.1) is 6.92 Å². The van der Waals surface area contributed by atoms with Gasteiger partial charge >= 0.3 is 0 Å². The van der Waals surface area contributed by atoms with Gasteiger partial charge in [-0.1, -0.05) is 13.8 Å². The molecule has 0 saturated heterocycles. The van der Waals surface area contributed by atoms with Crippen molar-refractivity contribution in [2.45, 2.75) is 31.8 Å². The largest absolute Gasteiger partial charge is 0.345 e. The van der Waals surface area contributed by atoms with Crippen molar-refractivity contribution < 1.29 is 0 Å². The highest BCUT2D eigenvalue weighted by molar-refractivity contribution is 7.99. The molecule has 0 radical (unpaired) electrons. The van der Waals surface area contributed by atoms with E-state index in [4.69, 9.17) is 0 Å². The summed E-state index contributed by atoms with van der Waals surface area (Å²) >= 11 is 1.93. The molecule has 0 unspecified atom stereocenters. The van der Waals surface area contributed by atoms with E-state index in [-0.39, 0.29) is 0 Å². The van der Waals surface area contributed by atoms with E-state index in [1.165, 1.54) is 5.69 Å². The van der Waals surface area contributed by atoms with Crippen molar-refractivity contribution >= 4 is 11.8 Å². The zero-order valence-corrected chi connectivity index (χ0v) is 8.03. The van der Waals surface area contributed by atoms with Crippen molar-refractivity contribution in [3.8, 4) is 0 Å². The number of H-pyrrole nitrogens is 1. The van der Waals surface area contributed by atoms with Crippen LogP contribution in [0.1, 0.15) is 25.4 Å². The van der Waals surface area contributed by atoms with Gasteiger partial charge in [-0.3, -0.25) is 0 Å². The number of hydrogen-bond donors (Lipinski definition) is 1. The summed E-state index contributed by atoms with van der Waals surface area (Å²) in [5, 5.41) is 0.693. The second kappa shape index (κ2) is 3.81. The van der Waals surface area contributed by atoms with E-state index in [9.17, 15) is 0 Å². The predicted octanol–water partition coefficient (Wildman–Crippen LogP) is 2.36. The van der Waals surface area contributed by atoms with Crippen LogP contribution in [0.15, 0.2) is 6.20 Å². The van der Waals surface area contributed by atoms with E-state index in [1.807, 2.05) is 24.9 Å². The third kappa shape index (κ3) is 2.97. The van der Waals surface area contributed by atoms with Crippen molar-refractivity contribution in [1.29, 1.82) is 0 Å². The fourth-order valence-corrected chi connectivity index (χ4v) is 1.46. The molecule has 0 bridgehead atoms. The second-order valence-electron chi connectivity index (χ2n) is 2.85. The van der Waals surface area contributed by atoms with E-state index >= 15 is 0 Å². The zero-order chi connectivity index (χ0) is 8.27. The van der Waals surface area contributed by atoms with Crippen LogP contribution in [0.5, 0.6) is 0 Å². The summed E-state index contributed by atoms with van der Waals surface area (Å²) in [6.45, 7) is 6.38. The molecule has 0 amide bonds. The molecule has 0 atom stereocenters. The van der Waals surface area contributed by atoms with Crippen LogP contribution in [0.4, 0.5) is 0 Å². The molecule has 2 nitrogen and oxygen atoms in total. The Morgan fingerprint density at radius 2 is 2.36 bits per heavy atom. The summed E-state index contributed by atoms with van der Waals surface area (Å²) in [5.74, 6) is 2.04. The smallest absolute Gasteiger partial charge is 0.103 e. The number of rotatable bonds is 3. The molecule has 0 saturated carbocycles. The van der Waals surface area contributed by atoms with Crippen LogP contribution in [-0.2, 0) is 5.75 Å². The van der Waals surface area contributed by atoms with Gasteiger partial charge in [-0.2, -0.15) is 11.8 Å². The zero-order valence-electron chi connectivity index (χ0n) is 7.22. The van der Waals surface area contributed by atoms with Gasteiger partial charge in [0.05, 0.1) is 0 Å². The molecule has 3 heteroatoms. The third-order valence-electron chi connectivity index (χ3n) is 1.33. The Hall–Kier alpha value is -0.440. The van der Waals surface area contributed by atoms with E-state index in [2.05, 4.69) is 23.8 Å². The van der Waals surface area contributed by atoms with E-state index in [0.29, 0.717) is 5.25 Å². The molecular formula is C8H14N2S. The summed E-state index contributed by atoms with van der Waals surface area (Å²) < 4.78 is 0. The van der Waals surface area contributed by atoms with Gasteiger partial charge in [0.15, 0.2) is 0 Å². The van der Waals surface area contributed by atoms with Crippen molar-refractivity contribution in [3.63, 3.8) is 0 Å². The van der Waals surface area contributed by atoms with Crippen LogP contribution < -0.4 is 0 Å². The van der Waals surface area contributed by atoms with Crippen molar-refractivity contribution in [1.82, 2.24) is 9.97 Å². The lowest BCUT2D eigenvalue weighted by Crippen LogP contribution is -1.88. The highest BCUT2D eigenvalue weighted by atomic mass is 32.2. The number of nitrogens with zero attached hydrogens (tertiary/aromatic N) is 1. The highest BCUT2D eigenvalue weighted by Gasteiger charge is 1.98. The Kier molecular flexibility index (Phi) is 3.00. The SMILES string of the molecule is Cc1ncc(CSC(C)C)[nH]1. The molecular weight excluding hydrogens is 156 g/mol. The van der Waals surface area contributed by atoms with Gasteiger partial charge in [0.1, 0.15) is 5.82 Å². The molecule has 62 valence electrons. The fourth-order valence-electron chi connectivity index (χ4n) is 0.801. The molecule has 0 spiro atoms. The monoisotopic (exact) mass is 170 g/mol. The summed E-state index contributed by atoms with van der Waals surface area (Å²) in [4.78, 5) is 7.33. The molecule has 1 aromatic heterocycles. The Morgan fingerprint density at radius 3 is 2.82 bits per heavy atom. The average molecular weight is 170 g/mol. The maximum atomic E-state index is 4.13. The van der Waals surface area contributed by atoms with Gasteiger partial charge < -0.3 is 4.98 Å². The van der Waals surface area contributed by atoms with Crippen LogP contribution in [-0.4, -0.2) is 15.2 Å². The molecule has 11 heavy (non-hydrogen) atoms. The Morgan fingerprint density at radius 1 is 1.64 bits per heavy atom. The standard InChI is InChI=1S/C8H14N2S/c1-6(2)11-5-8-4-9-7(3)10-8/h4,6H,5H2,1-3H3,(H,9,10). The first-order valence-corrected chi connectivity index (χ1v) is 4.85. The van der Waals surface area contributed by atoms with Crippen LogP contribution in [0.3, 0.4) is 0 Å². The highest BCUT2D eigenvalue weighted by Crippen LogP contribution is 2.15. The first-order chi connectivity index (χ1) is 5.18. The fraction of sp³-hybridized carbons (Fsp3) is 0.625. The maximum absolute atomic E-state index is 4.13. The van der Waals surface area contributed by atoms with E-state index in [1.54, 1.807) is 0 Å². The third-order valence-corrected chi connectivity index (χ3v) is 2.47. The van der Waals surface area contributed by atoms with Gasteiger partial charge in [-0.05, 0) is 12.2 Å². The van der Waals surface area contributed by atoms with Gasteiger partial charge in [0.25, 0.3) is 0 Å². The van der Waals surface area contributed by atoms with E-state index in [0.717, 1.165) is 11.6 Å². The molecule has 0 aromatic carbocycles. The van der Waals surface area contributed by atoms with E-state index < -0.39 is 0 Å². The normalized spacial score (nSPS) is 10.9. The molecule has 0 fully saturated rings. The minimum atomic E-state index is 0.693. The summed E-state index contributed by atoms with van der Waals surface area (Å²) in [5.41, 5.74) is 1.22. The molecule has 0 aliphatic heterocycles. The molecule has 1 aromatic rings. The van der Waals surface area contributed by atoms with Crippen LogP contribution >= 0.6 is 11.8 Å². The summed E-state index contributed by atoms with van der Waals surface area (Å²) in [6, 6.07) is 0. The number of nitrogens with one attached hydrogen (secondary N) is 1. The lowest BCUT2D eigenvalue weighted by atomic mass is 10.6. The topological polar surface area (TPSA) is 28.7 Å². The van der Waals surface area contributed by atoms with Gasteiger partial charge in [-0.25, -0.2) is 4.98 Å². The summed E-state index contributed by atoms with van der Waals surface area (Å²) in [7, 11) is 0. The first-order valence-electron chi connectivity index (χ1n) is 3.80. The Bertz CT molecular complexity index is 218. The molecule has 1 rings (SSSR count). The van der Waals surface area contributed by atoms with Crippen LogP contribution in [0.2, 0.25) is 0 Å². The number of aryl methyl sites for hydroxylation is 1. The summed E-state index contributed by atoms with van der Waals surface area (Å²) in [6.07, 6.45) is 1.91. The predicted molar refractivity (Wildman–Crippen MR) is 49.8 cm³/mol. The Balaban J connectivity index is 2.39. The number of aromatic amines is 1. The van der Waals surface area contributed by atoms with Crippen molar-refractivity contribution in [2.24, 2.45) is 0 Å².